The van der Waals surface area contributed by atoms with Crippen LogP contribution in [0.25, 0.3) is 5.76 Å². The second-order valence-corrected chi connectivity index (χ2v) is 7.22. The van der Waals surface area contributed by atoms with Crippen LogP contribution in [0.5, 0.6) is 11.5 Å². The molecule has 1 unspecified atom stereocenters. The highest BCUT2D eigenvalue weighted by atomic mass is 35.5. The molecule has 30 heavy (non-hydrogen) atoms. The van der Waals surface area contributed by atoms with Crippen molar-refractivity contribution in [2.24, 2.45) is 0 Å². The SMILES string of the molecule is CCCN1C(=O)C(=O)/C(=C(/O)c2ccc(Cl)c(OCC)c2)C1c1ccccc1OC. The average Bonchev–Trinajstić information content (AvgIpc) is 3.00. The summed E-state index contributed by atoms with van der Waals surface area (Å²) >= 11 is 6.15. The van der Waals surface area contributed by atoms with E-state index in [4.69, 9.17) is 21.1 Å². The van der Waals surface area contributed by atoms with Crippen LogP contribution in [0, 0.1) is 0 Å². The van der Waals surface area contributed by atoms with Crippen molar-refractivity contribution in [2.45, 2.75) is 26.3 Å². The number of carbonyl (C=O) groups is 2. The number of aliphatic hydroxyl groups excluding tert-OH is 1. The highest BCUT2D eigenvalue weighted by molar-refractivity contribution is 6.46. The molecule has 1 aliphatic rings. The van der Waals surface area contributed by atoms with E-state index in [-0.39, 0.29) is 11.3 Å². The molecular formula is C23H24ClNO5. The van der Waals surface area contributed by atoms with Crippen LogP contribution in [0.3, 0.4) is 0 Å². The Bertz CT molecular complexity index is 1000. The molecule has 6 nitrogen and oxygen atoms in total. The van der Waals surface area contributed by atoms with Crippen molar-refractivity contribution in [2.75, 3.05) is 20.3 Å². The number of para-hydroxylation sites is 1. The number of aliphatic hydroxyl groups is 1. The van der Waals surface area contributed by atoms with Crippen LogP contribution in [0.15, 0.2) is 48.0 Å². The van der Waals surface area contributed by atoms with Gasteiger partial charge in [-0.1, -0.05) is 36.7 Å². The second kappa shape index (κ2) is 9.22. The van der Waals surface area contributed by atoms with Crippen molar-refractivity contribution in [3.05, 3.63) is 64.2 Å². The average molecular weight is 430 g/mol. The Hall–Kier alpha value is -2.99. The maximum absolute atomic E-state index is 13.0. The number of nitrogens with zero attached hydrogens (tertiary/aromatic N) is 1. The zero-order valence-electron chi connectivity index (χ0n) is 17.1. The number of ether oxygens (including phenoxy) is 2. The zero-order chi connectivity index (χ0) is 21.8. The number of Topliss-reactive ketones (excluding diaryl/α,β-unsaturated/α-hetero) is 1. The fourth-order valence-electron chi connectivity index (χ4n) is 3.64. The summed E-state index contributed by atoms with van der Waals surface area (Å²) in [5, 5.41) is 11.5. The molecule has 0 saturated carbocycles. The summed E-state index contributed by atoms with van der Waals surface area (Å²) in [7, 11) is 1.53. The quantitative estimate of drug-likeness (QED) is 0.396. The van der Waals surface area contributed by atoms with Crippen LogP contribution in [0.1, 0.15) is 37.4 Å². The first-order valence-corrected chi connectivity index (χ1v) is 10.2. The van der Waals surface area contributed by atoms with Gasteiger partial charge in [0.2, 0.25) is 0 Å². The van der Waals surface area contributed by atoms with E-state index in [1.807, 2.05) is 19.9 Å². The smallest absolute Gasteiger partial charge is 0.295 e. The number of methoxy groups -OCH3 is 1. The van der Waals surface area contributed by atoms with E-state index in [0.29, 0.717) is 47.2 Å². The molecule has 1 aliphatic heterocycles. The Morgan fingerprint density at radius 2 is 1.87 bits per heavy atom. The minimum atomic E-state index is -0.757. The van der Waals surface area contributed by atoms with E-state index < -0.39 is 17.7 Å². The molecule has 1 amide bonds. The van der Waals surface area contributed by atoms with E-state index >= 15 is 0 Å². The molecule has 0 aliphatic carbocycles. The van der Waals surface area contributed by atoms with Gasteiger partial charge >= 0.3 is 0 Å². The lowest BCUT2D eigenvalue weighted by atomic mass is 9.94. The van der Waals surface area contributed by atoms with Crippen LogP contribution in [-0.2, 0) is 9.59 Å². The van der Waals surface area contributed by atoms with Gasteiger partial charge in [0.05, 0.1) is 30.4 Å². The Labute approximate surface area is 180 Å². The van der Waals surface area contributed by atoms with Crippen molar-refractivity contribution < 1.29 is 24.2 Å². The second-order valence-electron chi connectivity index (χ2n) is 6.81. The van der Waals surface area contributed by atoms with Gasteiger partial charge in [-0.2, -0.15) is 0 Å². The molecule has 1 saturated heterocycles. The van der Waals surface area contributed by atoms with E-state index in [1.54, 1.807) is 36.4 Å². The molecule has 2 aromatic carbocycles. The number of amides is 1. The van der Waals surface area contributed by atoms with Gasteiger partial charge in [-0.15, -0.1) is 0 Å². The molecular weight excluding hydrogens is 406 g/mol. The van der Waals surface area contributed by atoms with Gasteiger partial charge in [-0.05, 0) is 37.6 Å². The summed E-state index contributed by atoms with van der Waals surface area (Å²) < 4.78 is 11.0. The van der Waals surface area contributed by atoms with Crippen LogP contribution in [-0.4, -0.2) is 42.0 Å². The zero-order valence-corrected chi connectivity index (χ0v) is 17.9. The van der Waals surface area contributed by atoms with Crippen LogP contribution >= 0.6 is 11.6 Å². The molecule has 2 aromatic rings. The summed E-state index contributed by atoms with van der Waals surface area (Å²) in [5.41, 5.74) is 0.994. The molecule has 7 heteroatoms. The van der Waals surface area contributed by atoms with Gasteiger partial charge in [-0.3, -0.25) is 9.59 Å². The third-order valence-corrected chi connectivity index (χ3v) is 5.25. The fraction of sp³-hybridized carbons (Fsp3) is 0.304. The highest BCUT2D eigenvalue weighted by Crippen LogP contribution is 2.43. The number of carbonyl (C=O) groups excluding carboxylic acids is 2. The van der Waals surface area contributed by atoms with E-state index in [0.717, 1.165) is 0 Å². The molecule has 0 spiro atoms. The number of ketones is 1. The molecule has 158 valence electrons. The van der Waals surface area contributed by atoms with Crippen molar-refractivity contribution in [3.8, 4) is 11.5 Å². The summed E-state index contributed by atoms with van der Waals surface area (Å²) in [6.45, 7) is 4.51. The Morgan fingerprint density at radius 1 is 1.13 bits per heavy atom. The predicted octanol–water partition coefficient (Wildman–Crippen LogP) is 4.58. The number of hydrogen-bond acceptors (Lipinski definition) is 5. The minimum Gasteiger partial charge on any atom is -0.507 e. The maximum Gasteiger partial charge on any atom is 0.295 e. The number of hydrogen-bond donors (Lipinski definition) is 1. The van der Waals surface area contributed by atoms with Gasteiger partial charge in [-0.25, -0.2) is 0 Å². The van der Waals surface area contributed by atoms with Gasteiger partial charge in [0.25, 0.3) is 11.7 Å². The number of likely N-dealkylation sites (tertiary alicyclic amines) is 1. The molecule has 1 heterocycles. The maximum atomic E-state index is 13.0. The van der Waals surface area contributed by atoms with Crippen LogP contribution in [0.2, 0.25) is 5.02 Å². The summed E-state index contributed by atoms with van der Waals surface area (Å²) in [6, 6.07) is 11.1. The van der Waals surface area contributed by atoms with Crippen molar-refractivity contribution in [1.82, 2.24) is 4.90 Å². The van der Waals surface area contributed by atoms with Crippen molar-refractivity contribution in [1.29, 1.82) is 0 Å². The number of benzene rings is 2. The number of halogens is 1. The monoisotopic (exact) mass is 429 g/mol. The van der Waals surface area contributed by atoms with E-state index in [2.05, 4.69) is 0 Å². The topological polar surface area (TPSA) is 76.1 Å². The first-order chi connectivity index (χ1) is 14.4. The van der Waals surface area contributed by atoms with E-state index in [9.17, 15) is 14.7 Å². The molecule has 1 fully saturated rings. The summed E-state index contributed by atoms with van der Waals surface area (Å²) in [6.07, 6.45) is 0.661. The minimum absolute atomic E-state index is 0.0164. The normalized spacial score (nSPS) is 18.0. The number of rotatable bonds is 7. The van der Waals surface area contributed by atoms with Gasteiger partial charge < -0.3 is 19.5 Å². The Kier molecular flexibility index (Phi) is 6.67. The van der Waals surface area contributed by atoms with Crippen LogP contribution in [0.4, 0.5) is 0 Å². The Morgan fingerprint density at radius 3 is 2.53 bits per heavy atom. The predicted molar refractivity (Wildman–Crippen MR) is 115 cm³/mol. The molecule has 1 atom stereocenters. The van der Waals surface area contributed by atoms with Gasteiger partial charge in [0.15, 0.2) is 0 Å². The lowest BCUT2D eigenvalue weighted by Gasteiger charge is -2.26. The molecule has 0 aromatic heterocycles. The molecule has 0 bridgehead atoms. The molecule has 1 N–H and O–H groups in total. The third kappa shape index (κ3) is 3.87. The highest BCUT2D eigenvalue weighted by Gasteiger charge is 2.46. The van der Waals surface area contributed by atoms with E-state index in [1.165, 1.54) is 12.0 Å². The fourth-order valence-corrected chi connectivity index (χ4v) is 3.81. The summed E-state index contributed by atoms with van der Waals surface area (Å²) in [5.74, 6) is -0.735. The van der Waals surface area contributed by atoms with Crippen molar-refractivity contribution in [3.63, 3.8) is 0 Å². The lowest BCUT2D eigenvalue weighted by Crippen LogP contribution is -2.30. The standard InChI is InChI=1S/C23H24ClNO5/c1-4-12-25-20(15-8-6-7-9-17(15)29-3)19(22(27)23(25)28)21(26)14-10-11-16(24)18(13-14)30-5-2/h6-11,13,20,26H,4-5,12H2,1-3H3/b21-19+. The van der Waals surface area contributed by atoms with Crippen molar-refractivity contribution >= 4 is 29.1 Å². The van der Waals surface area contributed by atoms with Gasteiger partial charge in [0, 0.05) is 17.7 Å². The third-order valence-electron chi connectivity index (χ3n) is 4.94. The molecule has 3 rings (SSSR count). The molecule has 0 radical (unpaired) electrons. The first-order valence-electron chi connectivity index (χ1n) is 9.78. The lowest BCUT2D eigenvalue weighted by molar-refractivity contribution is -0.139. The Balaban J connectivity index is 2.22. The van der Waals surface area contributed by atoms with Gasteiger partial charge in [0.1, 0.15) is 17.3 Å². The van der Waals surface area contributed by atoms with Crippen LogP contribution < -0.4 is 9.47 Å². The summed E-state index contributed by atoms with van der Waals surface area (Å²) in [4.78, 5) is 27.2. The largest absolute Gasteiger partial charge is 0.507 e. The first kappa shape index (κ1) is 21.7.